The highest BCUT2D eigenvalue weighted by Crippen LogP contribution is 2.32. The molecule has 2 aromatic carbocycles. The number of benzene rings is 2. The van der Waals surface area contributed by atoms with Crippen LogP contribution >= 0.6 is 0 Å². The molecule has 0 heterocycles. The molecular weight excluding hydrogens is 355 g/mol. The molecule has 0 aliphatic carbocycles. The Morgan fingerprint density at radius 3 is 2.35 bits per heavy atom. The highest BCUT2D eigenvalue weighted by Gasteiger charge is 2.30. The van der Waals surface area contributed by atoms with E-state index >= 15 is 0 Å². The number of alkyl halides is 3. The maximum absolute atomic E-state index is 12.6. The number of nitrogens with two attached hydrogens (primary N) is 2. The number of nitro benzene ring substituents is 1. The summed E-state index contributed by atoms with van der Waals surface area (Å²) in [4.78, 5) is 10.3. The van der Waals surface area contributed by atoms with Crippen molar-refractivity contribution < 1.29 is 22.8 Å². The number of rotatable bonds is 5. The third kappa shape index (κ3) is 4.93. The van der Waals surface area contributed by atoms with Crippen LogP contribution in [0.3, 0.4) is 0 Å². The summed E-state index contributed by atoms with van der Waals surface area (Å²) in [6.07, 6.45) is -3.35. The Kier molecular flexibility index (Phi) is 5.40. The molecule has 4 N–H and O–H groups in total. The van der Waals surface area contributed by atoms with Crippen molar-refractivity contribution in [1.29, 1.82) is 0 Å². The normalized spacial score (nSPS) is 11.3. The molecule has 0 spiro atoms. The Balaban J connectivity index is 2.34. The van der Waals surface area contributed by atoms with Crippen LogP contribution in [-0.4, -0.2) is 17.1 Å². The van der Waals surface area contributed by atoms with Crippen molar-refractivity contribution in [2.24, 2.45) is 21.7 Å². The third-order valence-electron chi connectivity index (χ3n) is 2.98. The molecule has 8 nitrogen and oxygen atoms in total. The lowest BCUT2D eigenvalue weighted by molar-refractivity contribution is -0.384. The van der Waals surface area contributed by atoms with Gasteiger partial charge in [-0.25, -0.2) is 0 Å². The lowest BCUT2D eigenvalue weighted by Gasteiger charge is -2.10. The van der Waals surface area contributed by atoms with Crippen LogP contribution < -0.4 is 16.2 Å². The zero-order valence-corrected chi connectivity index (χ0v) is 13.0. The molecule has 0 aliphatic rings. The highest BCUT2D eigenvalue weighted by molar-refractivity contribution is 5.85. The number of halogens is 3. The van der Waals surface area contributed by atoms with Crippen LogP contribution in [0.4, 0.5) is 18.9 Å². The van der Waals surface area contributed by atoms with Gasteiger partial charge in [-0.05, 0) is 30.3 Å². The molecule has 0 saturated carbocycles. The van der Waals surface area contributed by atoms with Gasteiger partial charge < -0.3 is 16.2 Å². The van der Waals surface area contributed by atoms with Gasteiger partial charge in [-0.2, -0.15) is 18.3 Å². The summed E-state index contributed by atoms with van der Waals surface area (Å²) in [5.74, 6) is -0.106. The standard InChI is InChI=1S/C15H12F3N5O3/c16-15(17,18)10-1-4-12(5-2-10)26-13-6-3-11(23(24)25)7-9(13)8-21-22-14(19)20/h1-8H,(H4,19,20,22). The van der Waals surface area contributed by atoms with Crippen LogP contribution in [0.5, 0.6) is 11.5 Å². The molecule has 2 aromatic rings. The Hall–Kier alpha value is -3.63. The molecule has 0 aliphatic heterocycles. The van der Waals surface area contributed by atoms with Crippen LogP contribution in [0.15, 0.2) is 52.7 Å². The Morgan fingerprint density at radius 1 is 1.15 bits per heavy atom. The molecule has 26 heavy (non-hydrogen) atoms. The Labute approximate surface area is 144 Å². The highest BCUT2D eigenvalue weighted by atomic mass is 19.4. The third-order valence-corrected chi connectivity index (χ3v) is 2.98. The first-order valence-electron chi connectivity index (χ1n) is 6.92. The van der Waals surface area contributed by atoms with Crippen molar-refractivity contribution in [3.05, 3.63) is 63.7 Å². The smallest absolute Gasteiger partial charge is 0.416 e. The van der Waals surface area contributed by atoms with E-state index in [-0.39, 0.29) is 28.7 Å². The molecule has 11 heteroatoms. The molecule has 2 rings (SSSR count). The SMILES string of the molecule is NC(N)=NN=Cc1cc([N+](=O)[O-])ccc1Oc1ccc(C(F)(F)F)cc1. The second kappa shape index (κ2) is 7.51. The minimum atomic E-state index is -4.47. The number of guanidine groups is 1. The predicted octanol–water partition coefficient (Wildman–Crippen LogP) is 3.01. The summed E-state index contributed by atoms with van der Waals surface area (Å²) in [5, 5.41) is 17.8. The molecule has 0 aromatic heterocycles. The number of hydrogen-bond donors (Lipinski definition) is 2. The first kappa shape index (κ1) is 18.7. The van der Waals surface area contributed by atoms with Gasteiger partial charge in [0.25, 0.3) is 5.69 Å². The Bertz CT molecular complexity index is 860. The van der Waals surface area contributed by atoms with E-state index in [1.165, 1.54) is 12.1 Å². The minimum absolute atomic E-state index is 0.100. The number of hydrogen-bond acceptors (Lipinski definition) is 5. The lowest BCUT2D eigenvalue weighted by Crippen LogP contribution is -2.21. The van der Waals surface area contributed by atoms with Gasteiger partial charge in [0, 0.05) is 17.7 Å². The number of nitrogens with zero attached hydrogens (tertiary/aromatic N) is 3. The van der Waals surface area contributed by atoms with E-state index < -0.39 is 16.7 Å². The van der Waals surface area contributed by atoms with Crippen molar-refractivity contribution in [2.75, 3.05) is 0 Å². The van der Waals surface area contributed by atoms with E-state index in [1.54, 1.807) is 0 Å². The van der Waals surface area contributed by atoms with Gasteiger partial charge in [0.1, 0.15) is 11.5 Å². The minimum Gasteiger partial charge on any atom is -0.457 e. The van der Waals surface area contributed by atoms with E-state index in [0.717, 1.165) is 36.5 Å². The first-order valence-corrected chi connectivity index (χ1v) is 6.92. The zero-order chi connectivity index (χ0) is 19.3. The van der Waals surface area contributed by atoms with Crippen LogP contribution in [0.2, 0.25) is 0 Å². The zero-order valence-electron chi connectivity index (χ0n) is 13.0. The van der Waals surface area contributed by atoms with Crippen molar-refractivity contribution in [2.45, 2.75) is 6.18 Å². The van der Waals surface area contributed by atoms with Crippen LogP contribution in [0.1, 0.15) is 11.1 Å². The fraction of sp³-hybridized carbons (Fsp3) is 0.0667. The predicted molar refractivity (Wildman–Crippen MR) is 88.0 cm³/mol. The summed E-state index contributed by atoms with van der Waals surface area (Å²) in [7, 11) is 0. The van der Waals surface area contributed by atoms with E-state index in [0.29, 0.717) is 0 Å². The molecule has 0 bridgehead atoms. The second-order valence-corrected chi connectivity index (χ2v) is 4.87. The van der Waals surface area contributed by atoms with Crippen molar-refractivity contribution in [3.8, 4) is 11.5 Å². The summed E-state index contributed by atoms with van der Waals surface area (Å²) >= 11 is 0. The van der Waals surface area contributed by atoms with Crippen LogP contribution in [-0.2, 0) is 6.18 Å². The molecule has 0 fully saturated rings. The topological polar surface area (TPSA) is 129 Å². The number of nitro groups is 1. The van der Waals surface area contributed by atoms with E-state index in [4.69, 9.17) is 16.2 Å². The van der Waals surface area contributed by atoms with Gasteiger partial charge in [-0.3, -0.25) is 10.1 Å². The maximum atomic E-state index is 12.6. The van der Waals surface area contributed by atoms with Gasteiger partial charge in [-0.1, -0.05) is 0 Å². The van der Waals surface area contributed by atoms with E-state index in [2.05, 4.69) is 10.2 Å². The molecule has 0 amide bonds. The second-order valence-electron chi connectivity index (χ2n) is 4.87. The summed E-state index contributed by atoms with van der Waals surface area (Å²) in [5.41, 5.74) is 9.34. The number of non-ortho nitro benzene ring substituents is 1. The fourth-order valence-electron chi connectivity index (χ4n) is 1.84. The summed E-state index contributed by atoms with van der Waals surface area (Å²) < 4.78 is 43.2. The van der Waals surface area contributed by atoms with E-state index in [1.807, 2.05) is 0 Å². The summed E-state index contributed by atoms with van der Waals surface area (Å²) in [6, 6.07) is 7.58. The monoisotopic (exact) mass is 367 g/mol. The average molecular weight is 367 g/mol. The first-order chi connectivity index (χ1) is 12.2. The van der Waals surface area contributed by atoms with Crippen molar-refractivity contribution in [3.63, 3.8) is 0 Å². The summed E-state index contributed by atoms with van der Waals surface area (Å²) in [6.45, 7) is 0. The lowest BCUT2D eigenvalue weighted by atomic mass is 10.2. The van der Waals surface area contributed by atoms with E-state index in [9.17, 15) is 23.3 Å². The van der Waals surface area contributed by atoms with Crippen LogP contribution in [0.25, 0.3) is 0 Å². The largest absolute Gasteiger partial charge is 0.457 e. The number of ether oxygens (including phenoxy) is 1. The fourth-order valence-corrected chi connectivity index (χ4v) is 1.84. The van der Waals surface area contributed by atoms with Crippen LogP contribution in [0, 0.1) is 10.1 Å². The van der Waals surface area contributed by atoms with Gasteiger partial charge in [0.2, 0.25) is 5.96 Å². The molecule has 0 unspecified atom stereocenters. The molecule has 0 radical (unpaired) electrons. The quantitative estimate of drug-likeness (QED) is 0.363. The molecule has 0 saturated heterocycles. The van der Waals surface area contributed by atoms with Crippen molar-refractivity contribution >= 4 is 17.9 Å². The Morgan fingerprint density at radius 2 is 1.81 bits per heavy atom. The average Bonchev–Trinajstić information content (AvgIpc) is 2.55. The molecular formula is C15H12F3N5O3. The molecule has 0 atom stereocenters. The van der Waals surface area contributed by atoms with Gasteiger partial charge in [0.15, 0.2) is 0 Å². The van der Waals surface area contributed by atoms with Gasteiger partial charge in [0.05, 0.1) is 16.7 Å². The maximum Gasteiger partial charge on any atom is 0.416 e. The van der Waals surface area contributed by atoms with Crippen molar-refractivity contribution in [1.82, 2.24) is 0 Å². The van der Waals surface area contributed by atoms with Gasteiger partial charge >= 0.3 is 6.18 Å². The van der Waals surface area contributed by atoms with Gasteiger partial charge in [-0.15, -0.1) is 5.10 Å². The molecule has 136 valence electrons.